The molecule has 0 saturated heterocycles. The van der Waals surface area contributed by atoms with Gasteiger partial charge in [-0.05, 0) is 36.6 Å². The molecule has 0 aromatic heterocycles. The number of allylic oxidation sites excluding steroid dienone is 1. The first kappa shape index (κ1) is 33.4. The van der Waals surface area contributed by atoms with E-state index in [1.807, 2.05) is 0 Å². The fourth-order valence-electron chi connectivity index (χ4n) is 6.11. The fourth-order valence-corrected chi connectivity index (χ4v) is 6.11. The molecule has 10 heteroatoms. The van der Waals surface area contributed by atoms with Crippen LogP contribution in [-0.4, -0.2) is 59.4 Å². The first-order chi connectivity index (χ1) is 20.0. The van der Waals surface area contributed by atoms with Crippen molar-refractivity contribution < 1.29 is 47.7 Å². The fraction of sp³-hybridized carbons (Fsp3) is 0.515. The Hall–Kier alpha value is -4.08. The Labute approximate surface area is 251 Å². The third-order valence-electron chi connectivity index (χ3n) is 7.96. The zero-order chi connectivity index (χ0) is 32.3. The number of rotatable bonds is 5. The number of ketones is 2. The zero-order valence-corrected chi connectivity index (χ0v) is 25.9. The summed E-state index contributed by atoms with van der Waals surface area (Å²) in [6.07, 6.45) is 0.698. The van der Waals surface area contributed by atoms with Gasteiger partial charge < -0.3 is 18.9 Å². The number of carbonyl (C=O) groups excluding carboxylic acids is 6. The molecule has 232 valence electrons. The van der Waals surface area contributed by atoms with Crippen LogP contribution in [0.1, 0.15) is 72.2 Å². The second kappa shape index (κ2) is 13.1. The minimum Gasteiger partial charge on any atom is -0.458 e. The molecule has 1 aromatic carbocycles. The molecule has 7 atom stereocenters. The SMILES string of the molecule is CC(=O)O[C@@H]1C(C)=CC(=O)[C@H](OC(C)=O)C(C)(C)C=C[C@H](C)C(=O)[C@@]2(OC(C)=O)C[C@H](C)[C@@H](OC(=O)c3ccccc3)[C@@H]12. The van der Waals surface area contributed by atoms with Gasteiger partial charge in [-0.1, -0.05) is 58.0 Å². The second-order valence-electron chi connectivity index (χ2n) is 12.1. The normalized spacial score (nSPS) is 30.6. The highest BCUT2D eigenvalue weighted by molar-refractivity contribution is 5.97. The number of ether oxygens (including phenoxy) is 4. The molecule has 0 amide bonds. The molecule has 0 radical (unpaired) electrons. The second-order valence-corrected chi connectivity index (χ2v) is 12.1. The monoisotopic (exact) mass is 596 g/mol. The standard InChI is InChI=1S/C33H40O10/c1-18-14-15-32(7,8)30(41-22(5)35)25(37)16-19(2)27(40-21(4)34)26-28(42-31(39)24-12-10-9-11-13-24)20(3)17-33(26,29(18)38)43-23(6)36/h9-16,18,20,26-28,30H,17H2,1-8H3/t18-,20-,26+,27+,28+,30-,33+/m0/s1. The number of fused-ring (bicyclic) bond motifs is 1. The third-order valence-corrected chi connectivity index (χ3v) is 7.96. The predicted octanol–water partition coefficient (Wildman–Crippen LogP) is 4.35. The van der Waals surface area contributed by atoms with E-state index in [4.69, 9.17) is 18.9 Å². The number of hydrogen-bond donors (Lipinski definition) is 0. The van der Waals surface area contributed by atoms with Gasteiger partial charge in [0.05, 0.1) is 11.5 Å². The number of hydrogen-bond acceptors (Lipinski definition) is 10. The highest BCUT2D eigenvalue weighted by atomic mass is 16.6. The largest absolute Gasteiger partial charge is 0.458 e. The first-order valence-electron chi connectivity index (χ1n) is 14.3. The van der Waals surface area contributed by atoms with Crippen molar-refractivity contribution in [3.05, 3.63) is 59.7 Å². The summed E-state index contributed by atoms with van der Waals surface area (Å²) in [5, 5.41) is 0. The van der Waals surface area contributed by atoms with Gasteiger partial charge in [0.15, 0.2) is 23.3 Å². The zero-order valence-electron chi connectivity index (χ0n) is 25.9. The van der Waals surface area contributed by atoms with Gasteiger partial charge in [0.2, 0.25) is 0 Å². The molecule has 0 N–H and O–H groups in total. The maximum Gasteiger partial charge on any atom is 0.338 e. The van der Waals surface area contributed by atoms with E-state index in [0.29, 0.717) is 0 Å². The Kier molecular flexibility index (Phi) is 10.1. The number of Topliss-reactive ketones (excluding diaryl/α,β-unsaturated/α-hetero) is 1. The van der Waals surface area contributed by atoms with Crippen LogP contribution in [0.25, 0.3) is 0 Å². The smallest absolute Gasteiger partial charge is 0.338 e. The molecule has 43 heavy (non-hydrogen) atoms. The van der Waals surface area contributed by atoms with E-state index in [9.17, 15) is 28.8 Å². The van der Waals surface area contributed by atoms with Gasteiger partial charge in [-0.25, -0.2) is 4.79 Å². The summed E-state index contributed by atoms with van der Waals surface area (Å²) in [6.45, 7) is 11.8. The van der Waals surface area contributed by atoms with Crippen LogP contribution < -0.4 is 0 Å². The molecule has 2 aliphatic rings. The Morgan fingerprint density at radius 2 is 1.47 bits per heavy atom. The molecule has 1 saturated carbocycles. The van der Waals surface area contributed by atoms with Crippen LogP contribution in [-0.2, 0) is 42.9 Å². The highest BCUT2D eigenvalue weighted by Crippen LogP contribution is 2.50. The maximum atomic E-state index is 14.4. The van der Waals surface area contributed by atoms with E-state index in [0.717, 1.165) is 0 Å². The highest BCUT2D eigenvalue weighted by Gasteiger charge is 2.64. The van der Waals surface area contributed by atoms with Gasteiger partial charge in [0, 0.05) is 38.5 Å². The van der Waals surface area contributed by atoms with Crippen molar-refractivity contribution in [2.45, 2.75) is 85.7 Å². The summed E-state index contributed by atoms with van der Waals surface area (Å²) in [4.78, 5) is 78.5. The molecule has 3 rings (SSSR count). The molecule has 10 nitrogen and oxygen atoms in total. The topological polar surface area (TPSA) is 139 Å². The molecule has 0 bridgehead atoms. The lowest BCUT2D eigenvalue weighted by atomic mass is 9.74. The Bertz CT molecular complexity index is 1340. The summed E-state index contributed by atoms with van der Waals surface area (Å²) in [5.41, 5.74) is -2.48. The number of carbonyl (C=O) groups is 6. The molecular formula is C33H40O10. The Morgan fingerprint density at radius 1 is 0.860 bits per heavy atom. The van der Waals surface area contributed by atoms with Crippen molar-refractivity contribution in [1.82, 2.24) is 0 Å². The first-order valence-corrected chi connectivity index (χ1v) is 14.3. The van der Waals surface area contributed by atoms with Crippen LogP contribution in [0, 0.1) is 23.2 Å². The number of benzene rings is 1. The van der Waals surface area contributed by atoms with Gasteiger partial charge in [-0.3, -0.25) is 24.0 Å². The minimum atomic E-state index is -1.88. The molecule has 1 aromatic rings. The van der Waals surface area contributed by atoms with E-state index in [-0.39, 0.29) is 17.6 Å². The van der Waals surface area contributed by atoms with Crippen LogP contribution >= 0.6 is 0 Å². The van der Waals surface area contributed by atoms with Crippen LogP contribution in [0.2, 0.25) is 0 Å². The lowest BCUT2D eigenvalue weighted by Crippen LogP contribution is -2.56. The summed E-state index contributed by atoms with van der Waals surface area (Å²) >= 11 is 0. The molecule has 2 aliphatic carbocycles. The van der Waals surface area contributed by atoms with Crippen molar-refractivity contribution in [1.29, 1.82) is 0 Å². The van der Waals surface area contributed by atoms with Gasteiger partial charge >= 0.3 is 23.9 Å². The molecule has 0 unspecified atom stereocenters. The van der Waals surface area contributed by atoms with Crippen molar-refractivity contribution in [2.75, 3.05) is 0 Å². The van der Waals surface area contributed by atoms with Gasteiger partial charge in [0.25, 0.3) is 0 Å². The lowest BCUT2D eigenvalue weighted by Gasteiger charge is -2.40. The van der Waals surface area contributed by atoms with Crippen molar-refractivity contribution in [3.8, 4) is 0 Å². The Morgan fingerprint density at radius 3 is 2.02 bits per heavy atom. The molecular weight excluding hydrogens is 556 g/mol. The average Bonchev–Trinajstić information content (AvgIpc) is 3.18. The van der Waals surface area contributed by atoms with Crippen LogP contribution in [0.4, 0.5) is 0 Å². The van der Waals surface area contributed by atoms with Crippen LogP contribution in [0.3, 0.4) is 0 Å². The van der Waals surface area contributed by atoms with Crippen molar-refractivity contribution in [3.63, 3.8) is 0 Å². The van der Waals surface area contributed by atoms with E-state index in [1.165, 1.54) is 33.8 Å². The molecule has 0 heterocycles. The van der Waals surface area contributed by atoms with E-state index in [2.05, 4.69) is 0 Å². The quantitative estimate of drug-likeness (QED) is 0.274. The van der Waals surface area contributed by atoms with Gasteiger partial charge in [-0.2, -0.15) is 0 Å². The molecule has 0 spiro atoms. The minimum absolute atomic E-state index is 0.0283. The summed E-state index contributed by atoms with van der Waals surface area (Å²) in [7, 11) is 0. The van der Waals surface area contributed by atoms with E-state index in [1.54, 1.807) is 70.2 Å². The van der Waals surface area contributed by atoms with E-state index < -0.39 is 82.5 Å². The third kappa shape index (κ3) is 7.29. The van der Waals surface area contributed by atoms with Crippen LogP contribution in [0.15, 0.2) is 54.1 Å². The number of esters is 4. The maximum absolute atomic E-state index is 14.4. The Balaban J connectivity index is 2.31. The molecule has 0 aliphatic heterocycles. The molecule has 1 fully saturated rings. The lowest BCUT2D eigenvalue weighted by molar-refractivity contribution is -0.182. The van der Waals surface area contributed by atoms with Gasteiger partial charge in [0.1, 0.15) is 12.2 Å². The summed E-state index contributed by atoms with van der Waals surface area (Å²) in [5.74, 6) is -6.54. The van der Waals surface area contributed by atoms with E-state index >= 15 is 0 Å². The summed E-state index contributed by atoms with van der Waals surface area (Å²) < 4.78 is 23.1. The average molecular weight is 597 g/mol. The summed E-state index contributed by atoms with van der Waals surface area (Å²) in [6, 6.07) is 8.24. The predicted molar refractivity (Wildman–Crippen MR) is 154 cm³/mol. The van der Waals surface area contributed by atoms with Gasteiger partial charge in [-0.15, -0.1) is 0 Å². The van der Waals surface area contributed by atoms with Crippen LogP contribution in [0.5, 0.6) is 0 Å². The van der Waals surface area contributed by atoms with Crippen molar-refractivity contribution in [2.24, 2.45) is 23.2 Å². The van der Waals surface area contributed by atoms with Crippen molar-refractivity contribution >= 4 is 35.4 Å².